The zero-order valence-corrected chi connectivity index (χ0v) is 11.6. The topological polar surface area (TPSA) is 64.4 Å². The van der Waals surface area contributed by atoms with Gasteiger partial charge in [-0.25, -0.2) is 0 Å². The molecule has 106 valence electrons. The minimum absolute atomic E-state index is 0.208. The monoisotopic (exact) mass is 274 g/mol. The van der Waals surface area contributed by atoms with Crippen LogP contribution in [0.2, 0.25) is 0 Å². The van der Waals surface area contributed by atoms with Gasteiger partial charge in [-0.2, -0.15) is 0 Å². The molecule has 5 nitrogen and oxygen atoms in total. The van der Waals surface area contributed by atoms with Gasteiger partial charge >= 0.3 is 0 Å². The summed E-state index contributed by atoms with van der Waals surface area (Å²) in [6.45, 7) is 2.69. The average Bonchev–Trinajstić information content (AvgIpc) is 3.00. The van der Waals surface area contributed by atoms with Crippen LogP contribution in [0.5, 0.6) is 5.75 Å². The molecule has 1 amide bonds. The Labute approximate surface area is 117 Å². The first-order valence-electron chi connectivity index (χ1n) is 6.50. The third-order valence-corrected chi connectivity index (χ3v) is 3.02. The molecule has 0 saturated heterocycles. The van der Waals surface area contributed by atoms with Crippen molar-refractivity contribution in [3.8, 4) is 5.75 Å². The molecule has 1 unspecified atom stereocenters. The van der Waals surface area contributed by atoms with E-state index in [0.29, 0.717) is 18.2 Å². The maximum Gasteiger partial charge on any atom is 0.273 e. The predicted octanol–water partition coefficient (Wildman–Crippen LogP) is 2.29. The van der Waals surface area contributed by atoms with Crippen LogP contribution in [0.25, 0.3) is 0 Å². The van der Waals surface area contributed by atoms with Crippen LogP contribution in [0.4, 0.5) is 0 Å². The summed E-state index contributed by atoms with van der Waals surface area (Å²) >= 11 is 0. The van der Waals surface area contributed by atoms with E-state index in [0.717, 1.165) is 12.2 Å². The number of methoxy groups -OCH3 is 1. The van der Waals surface area contributed by atoms with Crippen molar-refractivity contribution in [3.63, 3.8) is 0 Å². The lowest BCUT2D eigenvalue weighted by atomic mass is 10.0. The van der Waals surface area contributed by atoms with Gasteiger partial charge in [-0.1, -0.05) is 24.2 Å². The van der Waals surface area contributed by atoms with E-state index in [1.54, 1.807) is 13.2 Å². The first-order valence-corrected chi connectivity index (χ1v) is 6.50. The van der Waals surface area contributed by atoms with Crippen LogP contribution in [-0.4, -0.2) is 24.7 Å². The largest absolute Gasteiger partial charge is 0.497 e. The molecule has 20 heavy (non-hydrogen) atoms. The Morgan fingerprint density at radius 1 is 1.35 bits per heavy atom. The highest BCUT2D eigenvalue weighted by atomic mass is 16.5. The fourth-order valence-electron chi connectivity index (χ4n) is 1.92. The third-order valence-electron chi connectivity index (χ3n) is 3.02. The Hall–Kier alpha value is -2.30. The van der Waals surface area contributed by atoms with Crippen molar-refractivity contribution in [2.45, 2.75) is 13.3 Å². The summed E-state index contributed by atoms with van der Waals surface area (Å²) < 4.78 is 9.76. The molecule has 2 aromatic rings. The number of nitrogens with one attached hydrogen (secondary N) is 1. The number of hydrogen-bond donors (Lipinski definition) is 1. The summed E-state index contributed by atoms with van der Waals surface area (Å²) in [6.07, 6.45) is 2.28. The number of nitrogens with zero attached hydrogens (tertiary/aromatic N) is 1. The van der Waals surface area contributed by atoms with E-state index >= 15 is 0 Å². The van der Waals surface area contributed by atoms with Crippen LogP contribution in [0, 0.1) is 5.92 Å². The van der Waals surface area contributed by atoms with Crippen molar-refractivity contribution >= 4 is 5.91 Å². The molecule has 2 rings (SSSR count). The maximum absolute atomic E-state index is 11.7. The molecule has 0 aliphatic rings. The van der Waals surface area contributed by atoms with E-state index in [4.69, 9.17) is 4.74 Å². The van der Waals surface area contributed by atoms with Gasteiger partial charge in [0.05, 0.1) is 7.11 Å². The molecule has 0 fully saturated rings. The van der Waals surface area contributed by atoms with Crippen molar-refractivity contribution in [1.29, 1.82) is 0 Å². The standard InChI is InChI=1S/C15H18N2O3/c1-11(9-12-3-5-13(19-2)6-4-12)10-16-15(18)14-7-8-20-17-14/h3-8,11H,9-10H2,1-2H3,(H,16,18). The number of carbonyl (C=O) groups is 1. The second-order valence-corrected chi connectivity index (χ2v) is 4.75. The molecule has 0 aliphatic heterocycles. The zero-order valence-electron chi connectivity index (χ0n) is 11.6. The van der Waals surface area contributed by atoms with Crippen molar-refractivity contribution in [2.24, 2.45) is 5.92 Å². The lowest BCUT2D eigenvalue weighted by molar-refractivity contribution is 0.0939. The van der Waals surface area contributed by atoms with Gasteiger partial charge in [-0.05, 0) is 30.0 Å². The quantitative estimate of drug-likeness (QED) is 0.877. The van der Waals surface area contributed by atoms with Gasteiger partial charge in [0.15, 0.2) is 5.69 Å². The second kappa shape index (κ2) is 6.75. The van der Waals surface area contributed by atoms with E-state index in [-0.39, 0.29) is 5.91 Å². The molecule has 1 aromatic carbocycles. The highest BCUT2D eigenvalue weighted by Crippen LogP contribution is 2.14. The maximum atomic E-state index is 11.7. The van der Waals surface area contributed by atoms with Gasteiger partial charge in [-0.15, -0.1) is 0 Å². The molecule has 1 N–H and O–H groups in total. The van der Waals surface area contributed by atoms with Crippen LogP contribution in [0.1, 0.15) is 23.0 Å². The second-order valence-electron chi connectivity index (χ2n) is 4.75. The van der Waals surface area contributed by atoms with Crippen molar-refractivity contribution in [2.75, 3.05) is 13.7 Å². The normalized spacial score (nSPS) is 11.9. The van der Waals surface area contributed by atoms with E-state index in [1.807, 2.05) is 24.3 Å². The first kappa shape index (κ1) is 14.1. The van der Waals surface area contributed by atoms with Crippen LogP contribution in [0.3, 0.4) is 0 Å². The number of carbonyl (C=O) groups excluding carboxylic acids is 1. The van der Waals surface area contributed by atoms with E-state index in [1.165, 1.54) is 11.8 Å². The minimum Gasteiger partial charge on any atom is -0.497 e. The van der Waals surface area contributed by atoms with Gasteiger partial charge in [-0.3, -0.25) is 4.79 Å². The van der Waals surface area contributed by atoms with Crippen LogP contribution in [-0.2, 0) is 6.42 Å². The molecule has 0 saturated carbocycles. The van der Waals surface area contributed by atoms with Gasteiger partial charge in [0, 0.05) is 12.6 Å². The highest BCUT2D eigenvalue weighted by Gasteiger charge is 2.10. The van der Waals surface area contributed by atoms with Crippen LogP contribution < -0.4 is 10.1 Å². The Morgan fingerprint density at radius 3 is 2.70 bits per heavy atom. The highest BCUT2D eigenvalue weighted by molar-refractivity contribution is 5.91. The predicted molar refractivity (Wildman–Crippen MR) is 74.7 cm³/mol. The lowest BCUT2D eigenvalue weighted by Crippen LogP contribution is -2.29. The fourth-order valence-corrected chi connectivity index (χ4v) is 1.92. The Kier molecular flexibility index (Phi) is 4.76. The van der Waals surface area contributed by atoms with E-state index in [2.05, 4.69) is 21.9 Å². The molecule has 1 heterocycles. The summed E-state index contributed by atoms with van der Waals surface area (Å²) in [5.41, 5.74) is 1.52. The van der Waals surface area contributed by atoms with Crippen molar-refractivity contribution in [3.05, 3.63) is 47.9 Å². The van der Waals surface area contributed by atoms with Gasteiger partial charge in [0.1, 0.15) is 12.0 Å². The zero-order chi connectivity index (χ0) is 14.4. The number of aromatic nitrogens is 1. The van der Waals surface area contributed by atoms with Crippen LogP contribution >= 0.6 is 0 Å². The molecular formula is C15H18N2O3. The van der Waals surface area contributed by atoms with Gasteiger partial charge < -0.3 is 14.6 Å². The summed E-state index contributed by atoms with van der Waals surface area (Å²) in [5, 5.41) is 6.44. The molecule has 0 radical (unpaired) electrons. The van der Waals surface area contributed by atoms with Crippen molar-refractivity contribution < 1.29 is 14.1 Å². The third kappa shape index (κ3) is 3.85. The number of benzene rings is 1. The molecule has 0 aliphatic carbocycles. The SMILES string of the molecule is COc1ccc(CC(C)CNC(=O)c2ccon2)cc1. The molecule has 1 aromatic heterocycles. The molecular weight excluding hydrogens is 256 g/mol. The smallest absolute Gasteiger partial charge is 0.273 e. The lowest BCUT2D eigenvalue weighted by Gasteiger charge is -2.12. The average molecular weight is 274 g/mol. The molecule has 1 atom stereocenters. The summed E-state index contributed by atoms with van der Waals surface area (Å²) in [5.74, 6) is 0.973. The van der Waals surface area contributed by atoms with Crippen LogP contribution in [0.15, 0.2) is 41.1 Å². The number of hydrogen-bond acceptors (Lipinski definition) is 4. The van der Waals surface area contributed by atoms with E-state index in [9.17, 15) is 4.79 Å². The number of amides is 1. The van der Waals surface area contributed by atoms with Gasteiger partial charge in [0.25, 0.3) is 5.91 Å². The number of ether oxygens (including phenoxy) is 1. The minimum atomic E-state index is -0.208. The van der Waals surface area contributed by atoms with E-state index < -0.39 is 0 Å². The Balaban J connectivity index is 1.80. The summed E-state index contributed by atoms with van der Waals surface area (Å²) in [7, 11) is 1.65. The Bertz CT molecular complexity index is 535. The summed E-state index contributed by atoms with van der Waals surface area (Å²) in [6, 6.07) is 9.50. The number of rotatable bonds is 6. The van der Waals surface area contributed by atoms with Gasteiger partial charge in [0.2, 0.25) is 0 Å². The summed E-state index contributed by atoms with van der Waals surface area (Å²) in [4.78, 5) is 11.7. The first-order chi connectivity index (χ1) is 9.69. The Morgan fingerprint density at radius 2 is 2.10 bits per heavy atom. The molecule has 0 bridgehead atoms. The molecule has 5 heteroatoms. The fraction of sp³-hybridized carbons (Fsp3) is 0.333. The molecule has 0 spiro atoms. The van der Waals surface area contributed by atoms with Crippen molar-refractivity contribution in [1.82, 2.24) is 10.5 Å².